The summed E-state index contributed by atoms with van der Waals surface area (Å²) in [4.78, 5) is -0.686. The number of aliphatic hydroxyl groups excluding tert-OH is 1. The average molecular weight is 321 g/mol. The first-order valence-electron chi connectivity index (χ1n) is 6.50. The number of aliphatic hydroxyl groups is 1. The van der Waals surface area contributed by atoms with E-state index < -0.39 is 44.3 Å². The van der Waals surface area contributed by atoms with Crippen molar-refractivity contribution in [2.75, 3.05) is 13.2 Å². The molecule has 1 aliphatic heterocycles. The van der Waals surface area contributed by atoms with Crippen LogP contribution in [0.1, 0.15) is 25.3 Å². The second-order valence-electron chi connectivity index (χ2n) is 5.22. The molecule has 8 heteroatoms. The van der Waals surface area contributed by atoms with Gasteiger partial charge in [0.1, 0.15) is 10.7 Å². The Morgan fingerprint density at radius 2 is 2.14 bits per heavy atom. The van der Waals surface area contributed by atoms with E-state index in [2.05, 4.69) is 4.72 Å². The Labute approximate surface area is 122 Å². The third-order valence-corrected chi connectivity index (χ3v) is 4.95. The van der Waals surface area contributed by atoms with Crippen molar-refractivity contribution >= 4 is 10.0 Å². The van der Waals surface area contributed by atoms with E-state index in [0.717, 1.165) is 18.6 Å². The molecule has 1 saturated heterocycles. The minimum atomic E-state index is -4.15. The summed E-state index contributed by atoms with van der Waals surface area (Å²) >= 11 is 0. The van der Waals surface area contributed by atoms with Crippen LogP contribution in [-0.2, 0) is 21.4 Å². The molecule has 1 fully saturated rings. The zero-order valence-electron chi connectivity index (χ0n) is 11.5. The van der Waals surface area contributed by atoms with Gasteiger partial charge in [-0.1, -0.05) is 0 Å². The lowest BCUT2D eigenvalue weighted by molar-refractivity contribution is 0.0250. The second kappa shape index (κ2) is 5.96. The fourth-order valence-electron chi connectivity index (χ4n) is 2.23. The van der Waals surface area contributed by atoms with Crippen molar-refractivity contribution in [1.29, 1.82) is 0 Å². The van der Waals surface area contributed by atoms with Crippen LogP contribution in [0.25, 0.3) is 0 Å². The number of rotatable bonds is 5. The van der Waals surface area contributed by atoms with Crippen LogP contribution in [0.2, 0.25) is 0 Å². The Kier molecular flexibility index (Phi) is 4.62. The van der Waals surface area contributed by atoms with Crippen LogP contribution in [-0.4, -0.2) is 32.3 Å². The number of benzene rings is 1. The zero-order valence-corrected chi connectivity index (χ0v) is 12.3. The lowest BCUT2D eigenvalue weighted by atomic mass is 10.0. The third kappa shape index (κ3) is 3.39. The zero-order chi connectivity index (χ0) is 15.7. The summed E-state index contributed by atoms with van der Waals surface area (Å²) in [6.45, 7) is 1.41. The van der Waals surface area contributed by atoms with Crippen LogP contribution in [0.4, 0.5) is 8.78 Å². The van der Waals surface area contributed by atoms with Crippen molar-refractivity contribution in [2.24, 2.45) is 0 Å². The molecule has 0 aromatic heterocycles. The fraction of sp³-hybridized carbons (Fsp3) is 0.538. The van der Waals surface area contributed by atoms with E-state index in [4.69, 9.17) is 9.84 Å². The van der Waals surface area contributed by atoms with Crippen molar-refractivity contribution in [1.82, 2.24) is 4.72 Å². The van der Waals surface area contributed by atoms with Gasteiger partial charge in [-0.3, -0.25) is 0 Å². The molecule has 0 saturated carbocycles. The van der Waals surface area contributed by atoms with Crippen LogP contribution < -0.4 is 4.72 Å². The molecule has 1 aliphatic rings. The first kappa shape index (κ1) is 16.3. The molecule has 1 aromatic carbocycles. The Morgan fingerprint density at radius 3 is 2.71 bits per heavy atom. The van der Waals surface area contributed by atoms with E-state index in [9.17, 15) is 17.2 Å². The summed E-state index contributed by atoms with van der Waals surface area (Å²) < 4.78 is 59.2. The van der Waals surface area contributed by atoms with Gasteiger partial charge in [-0.05, 0) is 31.9 Å². The van der Waals surface area contributed by atoms with Crippen molar-refractivity contribution < 1.29 is 27.0 Å². The molecule has 1 atom stereocenters. The monoisotopic (exact) mass is 321 g/mol. The predicted molar refractivity (Wildman–Crippen MR) is 71.1 cm³/mol. The lowest BCUT2D eigenvalue weighted by Crippen LogP contribution is -2.40. The topological polar surface area (TPSA) is 75.6 Å². The molecule has 1 heterocycles. The molecule has 0 radical (unpaired) electrons. The minimum absolute atomic E-state index is 0.000603. The van der Waals surface area contributed by atoms with Crippen molar-refractivity contribution in [2.45, 2.75) is 36.9 Å². The molecule has 2 rings (SSSR count). The van der Waals surface area contributed by atoms with Crippen molar-refractivity contribution in [3.8, 4) is 0 Å². The minimum Gasteiger partial charge on any atom is -0.391 e. The molecule has 1 aromatic rings. The van der Waals surface area contributed by atoms with Crippen molar-refractivity contribution in [3.63, 3.8) is 0 Å². The van der Waals surface area contributed by atoms with E-state index in [-0.39, 0.29) is 6.54 Å². The quantitative estimate of drug-likeness (QED) is 0.857. The maximum Gasteiger partial charge on any atom is 0.243 e. The molecule has 1 unspecified atom stereocenters. The molecule has 0 aliphatic carbocycles. The Bertz CT molecular complexity index is 627. The SMILES string of the molecule is CC1(CNS(=O)(=O)c2ccc(F)c(CO)c2F)CCCO1. The first-order valence-corrected chi connectivity index (χ1v) is 7.99. The van der Waals surface area contributed by atoms with E-state index >= 15 is 0 Å². The normalized spacial score (nSPS) is 22.7. The smallest absolute Gasteiger partial charge is 0.243 e. The molecular formula is C13H17F2NO4S. The average Bonchev–Trinajstić information content (AvgIpc) is 2.84. The number of sulfonamides is 1. The van der Waals surface area contributed by atoms with Crippen LogP contribution in [0.15, 0.2) is 17.0 Å². The number of nitrogens with one attached hydrogen (secondary N) is 1. The molecule has 0 bridgehead atoms. The summed E-state index contributed by atoms with van der Waals surface area (Å²) in [6, 6.07) is 1.65. The Hall–Kier alpha value is -1.09. The summed E-state index contributed by atoms with van der Waals surface area (Å²) in [6.07, 6.45) is 1.53. The van der Waals surface area contributed by atoms with Crippen LogP contribution in [0.3, 0.4) is 0 Å². The second-order valence-corrected chi connectivity index (χ2v) is 6.96. The molecular weight excluding hydrogens is 304 g/mol. The van der Waals surface area contributed by atoms with Crippen molar-refractivity contribution in [3.05, 3.63) is 29.3 Å². The predicted octanol–water partition coefficient (Wildman–Crippen LogP) is 1.30. The lowest BCUT2D eigenvalue weighted by Gasteiger charge is -2.23. The van der Waals surface area contributed by atoms with Gasteiger partial charge < -0.3 is 9.84 Å². The molecule has 0 amide bonds. The van der Waals surface area contributed by atoms with Gasteiger partial charge in [-0.15, -0.1) is 0 Å². The van der Waals surface area contributed by atoms with Crippen LogP contribution >= 0.6 is 0 Å². The first-order chi connectivity index (χ1) is 9.79. The number of halogens is 2. The van der Waals surface area contributed by atoms with Gasteiger partial charge in [-0.25, -0.2) is 21.9 Å². The Balaban J connectivity index is 2.24. The van der Waals surface area contributed by atoms with Gasteiger partial charge >= 0.3 is 0 Å². The fourth-order valence-corrected chi connectivity index (χ4v) is 3.49. The van der Waals surface area contributed by atoms with E-state index in [1.165, 1.54) is 0 Å². The molecule has 21 heavy (non-hydrogen) atoms. The summed E-state index contributed by atoms with van der Waals surface area (Å²) in [5.41, 5.74) is -1.29. The summed E-state index contributed by atoms with van der Waals surface area (Å²) in [5, 5.41) is 8.92. The van der Waals surface area contributed by atoms with E-state index in [0.29, 0.717) is 13.0 Å². The highest BCUT2D eigenvalue weighted by Crippen LogP contribution is 2.25. The molecule has 5 nitrogen and oxygen atoms in total. The number of hydrogen-bond donors (Lipinski definition) is 2. The van der Waals surface area contributed by atoms with Crippen LogP contribution in [0.5, 0.6) is 0 Å². The maximum atomic E-state index is 14.0. The van der Waals surface area contributed by atoms with E-state index in [1.807, 2.05) is 0 Å². The highest BCUT2D eigenvalue weighted by molar-refractivity contribution is 7.89. The standard InChI is InChI=1S/C13H17F2NO4S/c1-13(5-2-6-20-13)8-16-21(18,19)11-4-3-10(14)9(7-17)12(11)15/h3-4,16-17H,2,5-8H2,1H3. The summed E-state index contributed by atoms with van der Waals surface area (Å²) in [7, 11) is -4.15. The molecule has 118 valence electrons. The van der Waals surface area contributed by atoms with Gasteiger partial charge in [0, 0.05) is 13.2 Å². The molecule has 0 spiro atoms. The highest BCUT2D eigenvalue weighted by atomic mass is 32.2. The van der Waals surface area contributed by atoms with Gasteiger partial charge in [-0.2, -0.15) is 0 Å². The van der Waals surface area contributed by atoms with Gasteiger partial charge in [0.2, 0.25) is 10.0 Å². The number of hydrogen-bond acceptors (Lipinski definition) is 4. The summed E-state index contributed by atoms with van der Waals surface area (Å²) in [5.74, 6) is -2.26. The van der Waals surface area contributed by atoms with Crippen LogP contribution in [0, 0.1) is 11.6 Å². The molecule has 2 N–H and O–H groups in total. The Morgan fingerprint density at radius 1 is 1.43 bits per heavy atom. The van der Waals surface area contributed by atoms with Gasteiger partial charge in [0.25, 0.3) is 0 Å². The third-order valence-electron chi connectivity index (χ3n) is 3.53. The largest absolute Gasteiger partial charge is 0.391 e. The maximum absolute atomic E-state index is 14.0. The van der Waals surface area contributed by atoms with E-state index in [1.54, 1.807) is 6.92 Å². The van der Waals surface area contributed by atoms with Gasteiger partial charge in [0.05, 0.1) is 17.8 Å². The van der Waals surface area contributed by atoms with Gasteiger partial charge in [0.15, 0.2) is 5.82 Å². The highest BCUT2D eigenvalue weighted by Gasteiger charge is 2.32. The number of ether oxygens (including phenoxy) is 1.